The second-order valence-electron chi connectivity index (χ2n) is 4.86. The molecule has 0 aliphatic carbocycles. The maximum Gasteiger partial charge on any atom is 0.410 e. The lowest BCUT2D eigenvalue weighted by Crippen LogP contribution is -2.41. The van der Waals surface area contributed by atoms with E-state index < -0.39 is 5.60 Å². The summed E-state index contributed by atoms with van der Waals surface area (Å²) in [6.45, 7) is 7.68. The van der Waals surface area contributed by atoms with Crippen molar-refractivity contribution in [3.05, 3.63) is 0 Å². The Morgan fingerprint density at radius 2 is 2.12 bits per heavy atom. The number of carbonyl (C=O) groups is 1. The zero-order valence-electron chi connectivity index (χ0n) is 10.5. The fourth-order valence-corrected chi connectivity index (χ4v) is 1.41. The molecule has 0 radical (unpaired) electrons. The number of carbonyl (C=O) groups excluding carboxylic acids is 1. The first-order valence-electron chi connectivity index (χ1n) is 5.51. The summed E-state index contributed by atoms with van der Waals surface area (Å²) in [6.07, 6.45) is -0.380. The molecule has 5 nitrogen and oxygen atoms in total. The van der Waals surface area contributed by atoms with Crippen molar-refractivity contribution in [1.82, 2.24) is 4.90 Å². The quantitative estimate of drug-likeness (QED) is 0.682. The summed E-state index contributed by atoms with van der Waals surface area (Å²) in [7, 11) is 1.62. The van der Waals surface area contributed by atoms with Gasteiger partial charge in [-0.25, -0.2) is 4.79 Å². The molecule has 1 aliphatic heterocycles. The van der Waals surface area contributed by atoms with Gasteiger partial charge in [-0.3, -0.25) is 0 Å². The van der Waals surface area contributed by atoms with E-state index in [4.69, 9.17) is 14.2 Å². The second kappa shape index (κ2) is 5.50. The molecule has 1 rings (SSSR count). The summed E-state index contributed by atoms with van der Waals surface area (Å²) in [5.74, 6) is 0. The molecule has 0 saturated carbocycles. The van der Waals surface area contributed by atoms with Crippen molar-refractivity contribution in [3.8, 4) is 0 Å². The van der Waals surface area contributed by atoms with Crippen LogP contribution < -0.4 is 0 Å². The lowest BCUT2D eigenvalue weighted by Gasteiger charge is -2.27. The molecule has 1 amide bonds. The fraction of sp³-hybridized carbons (Fsp3) is 0.909. The average Bonchev–Trinajstić information content (AvgIpc) is 2.39. The first-order valence-corrected chi connectivity index (χ1v) is 5.51. The van der Waals surface area contributed by atoms with E-state index in [1.54, 1.807) is 12.0 Å². The molecular weight excluding hydrogens is 210 g/mol. The van der Waals surface area contributed by atoms with E-state index in [-0.39, 0.29) is 12.2 Å². The highest BCUT2D eigenvalue weighted by Gasteiger charge is 2.26. The Morgan fingerprint density at radius 3 is 2.69 bits per heavy atom. The van der Waals surface area contributed by atoms with Gasteiger partial charge in [0.25, 0.3) is 0 Å². The standard InChI is InChI=1S/C11H21NO4/c1-11(2,3)16-10(13)12-5-6-15-8-9(7-12)14-4/h9H,5-8H2,1-4H3. The number of methoxy groups -OCH3 is 1. The van der Waals surface area contributed by atoms with Gasteiger partial charge in [0.15, 0.2) is 0 Å². The minimum absolute atomic E-state index is 0.0741. The van der Waals surface area contributed by atoms with Gasteiger partial charge in [-0.2, -0.15) is 0 Å². The lowest BCUT2D eigenvalue weighted by atomic mass is 10.2. The lowest BCUT2D eigenvalue weighted by molar-refractivity contribution is 0.00795. The summed E-state index contributed by atoms with van der Waals surface area (Å²) in [6, 6.07) is 0. The molecule has 5 heteroatoms. The van der Waals surface area contributed by atoms with Crippen molar-refractivity contribution < 1.29 is 19.0 Å². The number of amides is 1. The molecule has 1 unspecified atom stereocenters. The van der Waals surface area contributed by atoms with Crippen molar-refractivity contribution >= 4 is 6.09 Å². The van der Waals surface area contributed by atoms with Crippen molar-refractivity contribution in [3.63, 3.8) is 0 Å². The van der Waals surface area contributed by atoms with E-state index in [1.807, 2.05) is 20.8 Å². The Morgan fingerprint density at radius 1 is 1.44 bits per heavy atom. The van der Waals surface area contributed by atoms with Crippen molar-refractivity contribution in [1.29, 1.82) is 0 Å². The predicted molar refractivity (Wildman–Crippen MR) is 59.4 cm³/mol. The number of nitrogens with zero attached hydrogens (tertiary/aromatic N) is 1. The first-order chi connectivity index (χ1) is 7.42. The molecule has 94 valence electrons. The van der Waals surface area contributed by atoms with Gasteiger partial charge in [0.1, 0.15) is 5.60 Å². The Labute approximate surface area is 96.6 Å². The van der Waals surface area contributed by atoms with Crippen molar-refractivity contribution in [2.75, 3.05) is 33.4 Å². The summed E-state index contributed by atoms with van der Waals surface area (Å²) in [4.78, 5) is 13.5. The van der Waals surface area contributed by atoms with Gasteiger partial charge in [-0.1, -0.05) is 0 Å². The van der Waals surface area contributed by atoms with Gasteiger partial charge in [-0.15, -0.1) is 0 Å². The highest BCUT2D eigenvalue weighted by atomic mass is 16.6. The molecule has 1 heterocycles. The number of hydrogen-bond acceptors (Lipinski definition) is 4. The molecule has 16 heavy (non-hydrogen) atoms. The van der Waals surface area contributed by atoms with Crippen LogP contribution in [-0.2, 0) is 14.2 Å². The highest BCUT2D eigenvalue weighted by Crippen LogP contribution is 2.12. The molecule has 1 saturated heterocycles. The Bertz CT molecular complexity index is 237. The van der Waals surface area contributed by atoms with Gasteiger partial charge < -0.3 is 19.1 Å². The molecule has 0 spiro atoms. The highest BCUT2D eigenvalue weighted by molar-refractivity contribution is 5.68. The Kier molecular flexibility index (Phi) is 4.56. The van der Waals surface area contributed by atoms with E-state index >= 15 is 0 Å². The Hall–Kier alpha value is -0.810. The topological polar surface area (TPSA) is 48.0 Å². The maximum atomic E-state index is 11.8. The Balaban J connectivity index is 2.53. The van der Waals surface area contributed by atoms with Crippen LogP contribution in [0.15, 0.2) is 0 Å². The number of rotatable bonds is 1. The number of ether oxygens (including phenoxy) is 3. The molecule has 1 atom stereocenters. The van der Waals surface area contributed by atoms with Crippen LogP contribution in [0, 0.1) is 0 Å². The summed E-state index contributed by atoms with van der Waals surface area (Å²) in [5, 5.41) is 0. The minimum atomic E-state index is -0.465. The third kappa shape index (κ3) is 4.37. The van der Waals surface area contributed by atoms with Crippen LogP contribution in [0.3, 0.4) is 0 Å². The van der Waals surface area contributed by atoms with Crippen LogP contribution in [0.4, 0.5) is 4.79 Å². The zero-order chi connectivity index (χ0) is 12.2. The summed E-state index contributed by atoms with van der Waals surface area (Å²) in [5.41, 5.74) is -0.465. The van der Waals surface area contributed by atoms with Gasteiger partial charge >= 0.3 is 6.09 Å². The molecule has 0 N–H and O–H groups in total. The first kappa shape index (κ1) is 13.3. The van der Waals surface area contributed by atoms with Crippen LogP contribution in [0.5, 0.6) is 0 Å². The average molecular weight is 231 g/mol. The normalized spacial score (nSPS) is 22.8. The van der Waals surface area contributed by atoms with Crippen LogP contribution in [-0.4, -0.2) is 56.1 Å². The van der Waals surface area contributed by atoms with Crippen LogP contribution in [0.2, 0.25) is 0 Å². The van der Waals surface area contributed by atoms with Crippen LogP contribution in [0.1, 0.15) is 20.8 Å². The van der Waals surface area contributed by atoms with Gasteiger partial charge in [0.2, 0.25) is 0 Å². The molecule has 0 bridgehead atoms. The minimum Gasteiger partial charge on any atom is -0.444 e. The van der Waals surface area contributed by atoms with Gasteiger partial charge in [0, 0.05) is 13.7 Å². The van der Waals surface area contributed by atoms with E-state index in [9.17, 15) is 4.79 Å². The van der Waals surface area contributed by atoms with Crippen molar-refractivity contribution in [2.45, 2.75) is 32.5 Å². The predicted octanol–water partition coefficient (Wildman–Crippen LogP) is 1.27. The maximum absolute atomic E-state index is 11.8. The molecule has 0 aromatic rings. The molecular formula is C11H21NO4. The van der Waals surface area contributed by atoms with Gasteiger partial charge in [-0.05, 0) is 20.8 Å². The van der Waals surface area contributed by atoms with E-state index in [1.165, 1.54) is 0 Å². The monoisotopic (exact) mass is 231 g/mol. The van der Waals surface area contributed by atoms with Gasteiger partial charge in [0.05, 0.1) is 25.9 Å². The molecule has 1 aliphatic rings. The zero-order valence-corrected chi connectivity index (χ0v) is 10.5. The third-order valence-corrected chi connectivity index (χ3v) is 2.22. The van der Waals surface area contributed by atoms with Crippen LogP contribution >= 0.6 is 0 Å². The SMILES string of the molecule is COC1COCCN(C(=O)OC(C)(C)C)C1. The second-order valence-corrected chi connectivity index (χ2v) is 4.86. The molecule has 0 aromatic heterocycles. The summed E-state index contributed by atoms with van der Waals surface area (Å²) >= 11 is 0. The van der Waals surface area contributed by atoms with Crippen molar-refractivity contribution in [2.24, 2.45) is 0 Å². The van der Waals surface area contributed by atoms with Crippen LogP contribution in [0.25, 0.3) is 0 Å². The number of hydrogen-bond donors (Lipinski definition) is 0. The van der Waals surface area contributed by atoms with E-state index in [0.29, 0.717) is 26.3 Å². The smallest absolute Gasteiger partial charge is 0.410 e. The third-order valence-electron chi connectivity index (χ3n) is 2.22. The fourth-order valence-electron chi connectivity index (χ4n) is 1.41. The largest absolute Gasteiger partial charge is 0.444 e. The molecule has 0 aromatic carbocycles. The van der Waals surface area contributed by atoms with E-state index in [0.717, 1.165) is 0 Å². The summed E-state index contributed by atoms with van der Waals surface area (Å²) < 4.78 is 15.8. The van der Waals surface area contributed by atoms with E-state index in [2.05, 4.69) is 0 Å². The molecule has 1 fully saturated rings.